The number of carbonyl (C=O) groups excluding carboxylic acids is 2. The standard InChI is InChI=1S/C23H21O4P/c1-14-4-13-21(28)23(18-7-11-20(12-8-18)27-16(3)25)22(14)17-5-9-19(10-6-17)26-15(2)24/h4-13H,28H2,1-3H3. The molecule has 0 aliphatic heterocycles. The van der Waals surface area contributed by atoms with Gasteiger partial charge in [0.15, 0.2) is 0 Å². The van der Waals surface area contributed by atoms with Crippen molar-refractivity contribution in [2.45, 2.75) is 20.8 Å². The van der Waals surface area contributed by atoms with Gasteiger partial charge in [-0.3, -0.25) is 9.59 Å². The summed E-state index contributed by atoms with van der Waals surface area (Å²) in [6, 6.07) is 19.1. The van der Waals surface area contributed by atoms with Gasteiger partial charge in [0.05, 0.1) is 0 Å². The second kappa shape index (κ2) is 8.37. The van der Waals surface area contributed by atoms with E-state index in [0.29, 0.717) is 11.5 Å². The van der Waals surface area contributed by atoms with Crippen molar-refractivity contribution in [2.24, 2.45) is 0 Å². The van der Waals surface area contributed by atoms with Gasteiger partial charge in [-0.2, -0.15) is 0 Å². The smallest absolute Gasteiger partial charge is 0.308 e. The van der Waals surface area contributed by atoms with E-state index >= 15 is 0 Å². The summed E-state index contributed by atoms with van der Waals surface area (Å²) in [6.07, 6.45) is 0. The first-order valence-electron chi connectivity index (χ1n) is 8.82. The molecule has 4 nitrogen and oxygen atoms in total. The molecular formula is C23H21O4P. The number of aryl methyl sites for hydroxylation is 1. The third kappa shape index (κ3) is 4.47. The van der Waals surface area contributed by atoms with Crippen LogP contribution in [0, 0.1) is 6.92 Å². The Kier molecular flexibility index (Phi) is 5.91. The topological polar surface area (TPSA) is 52.6 Å². The van der Waals surface area contributed by atoms with Crippen LogP contribution in [0.5, 0.6) is 11.5 Å². The molecule has 0 amide bonds. The van der Waals surface area contributed by atoms with Crippen molar-refractivity contribution in [2.75, 3.05) is 0 Å². The predicted octanol–water partition coefficient (Wildman–Crippen LogP) is 4.68. The van der Waals surface area contributed by atoms with Gasteiger partial charge in [0, 0.05) is 13.8 Å². The van der Waals surface area contributed by atoms with Crippen LogP contribution in [0.3, 0.4) is 0 Å². The maximum absolute atomic E-state index is 11.1. The molecule has 5 heteroatoms. The van der Waals surface area contributed by atoms with E-state index in [-0.39, 0.29) is 11.9 Å². The second-order valence-corrected chi connectivity index (χ2v) is 7.08. The van der Waals surface area contributed by atoms with Crippen LogP contribution in [0.1, 0.15) is 19.4 Å². The fourth-order valence-corrected chi connectivity index (χ4v) is 3.52. The van der Waals surface area contributed by atoms with E-state index in [2.05, 4.69) is 28.3 Å². The van der Waals surface area contributed by atoms with Gasteiger partial charge in [-0.1, -0.05) is 36.4 Å². The van der Waals surface area contributed by atoms with Crippen molar-refractivity contribution in [3.05, 3.63) is 66.2 Å². The Bertz CT molecular complexity index is 937. The van der Waals surface area contributed by atoms with Gasteiger partial charge < -0.3 is 9.47 Å². The van der Waals surface area contributed by atoms with E-state index in [1.807, 2.05) is 24.3 Å². The number of hydrogen-bond donors (Lipinski definition) is 0. The zero-order valence-corrected chi connectivity index (χ0v) is 17.1. The average Bonchev–Trinajstić information content (AvgIpc) is 2.64. The molecule has 3 rings (SSSR count). The lowest BCUT2D eigenvalue weighted by molar-refractivity contribution is -0.132. The van der Waals surface area contributed by atoms with Gasteiger partial charge in [-0.15, -0.1) is 9.24 Å². The Morgan fingerprint density at radius 3 is 1.54 bits per heavy atom. The van der Waals surface area contributed by atoms with Crippen molar-refractivity contribution in [3.63, 3.8) is 0 Å². The van der Waals surface area contributed by atoms with E-state index in [9.17, 15) is 9.59 Å². The quantitative estimate of drug-likeness (QED) is 0.368. The van der Waals surface area contributed by atoms with Crippen LogP contribution in [0.4, 0.5) is 0 Å². The normalized spacial score (nSPS) is 10.4. The Balaban J connectivity index is 2.06. The highest BCUT2D eigenvalue weighted by molar-refractivity contribution is 7.28. The highest BCUT2D eigenvalue weighted by Crippen LogP contribution is 2.36. The molecular weight excluding hydrogens is 371 g/mol. The summed E-state index contributed by atoms with van der Waals surface area (Å²) in [5.74, 6) is 0.345. The van der Waals surface area contributed by atoms with Gasteiger partial charge in [-0.25, -0.2) is 0 Å². The molecule has 1 atom stereocenters. The molecule has 142 valence electrons. The summed E-state index contributed by atoms with van der Waals surface area (Å²) in [4.78, 5) is 22.3. The van der Waals surface area contributed by atoms with Crippen LogP contribution in [0.25, 0.3) is 22.3 Å². The van der Waals surface area contributed by atoms with Crippen molar-refractivity contribution in [3.8, 4) is 33.8 Å². The molecule has 0 radical (unpaired) electrons. The van der Waals surface area contributed by atoms with Crippen LogP contribution in [-0.4, -0.2) is 11.9 Å². The van der Waals surface area contributed by atoms with Gasteiger partial charge in [0.1, 0.15) is 11.5 Å². The molecule has 3 aromatic rings. The largest absolute Gasteiger partial charge is 0.427 e. The zero-order valence-electron chi connectivity index (χ0n) is 16.0. The molecule has 0 N–H and O–H groups in total. The molecule has 0 heterocycles. The summed E-state index contributed by atoms with van der Waals surface area (Å²) in [5, 5.41) is 1.06. The second-order valence-electron chi connectivity index (χ2n) is 6.46. The fourth-order valence-electron chi connectivity index (χ4n) is 3.12. The minimum absolute atomic E-state index is 0.343. The number of esters is 2. The van der Waals surface area contributed by atoms with Crippen LogP contribution in [0.2, 0.25) is 0 Å². The summed E-state index contributed by atoms with van der Waals surface area (Å²) in [6.45, 7) is 4.83. The predicted molar refractivity (Wildman–Crippen MR) is 114 cm³/mol. The van der Waals surface area contributed by atoms with Crippen molar-refractivity contribution < 1.29 is 19.1 Å². The highest BCUT2D eigenvalue weighted by Gasteiger charge is 2.14. The molecule has 0 saturated heterocycles. The lowest BCUT2D eigenvalue weighted by atomic mass is 9.91. The Labute approximate surface area is 166 Å². The molecule has 1 unspecified atom stereocenters. The highest BCUT2D eigenvalue weighted by atomic mass is 31.0. The Hall–Kier alpha value is -2.97. The van der Waals surface area contributed by atoms with Gasteiger partial charge in [-0.05, 0) is 64.3 Å². The molecule has 0 aromatic heterocycles. The third-order valence-corrected chi connectivity index (χ3v) is 4.74. The monoisotopic (exact) mass is 392 g/mol. The first-order valence-corrected chi connectivity index (χ1v) is 9.39. The molecule has 3 aromatic carbocycles. The van der Waals surface area contributed by atoms with E-state index in [0.717, 1.165) is 33.1 Å². The maximum atomic E-state index is 11.1. The Morgan fingerprint density at radius 1 is 0.679 bits per heavy atom. The minimum Gasteiger partial charge on any atom is -0.427 e. The Morgan fingerprint density at radius 2 is 1.11 bits per heavy atom. The van der Waals surface area contributed by atoms with Crippen LogP contribution >= 0.6 is 9.24 Å². The first-order chi connectivity index (χ1) is 13.3. The van der Waals surface area contributed by atoms with E-state index in [1.165, 1.54) is 13.8 Å². The molecule has 0 aliphatic carbocycles. The van der Waals surface area contributed by atoms with Gasteiger partial charge in [0.25, 0.3) is 0 Å². The van der Waals surface area contributed by atoms with Crippen molar-refractivity contribution in [1.82, 2.24) is 0 Å². The summed E-state index contributed by atoms with van der Waals surface area (Å²) < 4.78 is 10.3. The van der Waals surface area contributed by atoms with E-state index < -0.39 is 0 Å². The first kappa shape index (κ1) is 19.8. The SMILES string of the molecule is CC(=O)Oc1ccc(-c2c(C)ccc(P)c2-c2ccc(OC(C)=O)cc2)cc1. The van der Waals surface area contributed by atoms with Crippen molar-refractivity contribution >= 4 is 26.5 Å². The van der Waals surface area contributed by atoms with Gasteiger partial charge >= 0.3 is 11.9 Å². The van der Waals surface area contributed by atoms with Gasteiger partial charge in [0.2, 0.25) is 0 Å². The number of carbonyl (C=O) groups is 2. The van der Waals surface area contributed by atoms with E-state index in [4.69, 9.17) is 9.47 Å². The van der Waals surface area contributed by atoms with Crippen LogP contribution in [-0.2, 0) is 9.59 Å². The molecule has 0 spiro atoms. The lowest BCUT2D eigenvalue weighted by Gasteiger charge is -2.17. The maximum Gasteiger partial charge on any atom is 0.308 e. The minimum atomic E-state index is -0.344. The average molecular weight is 392 g/mol. The lowest BCUT2D eigenvalue weighted by Crippen LogP contribution is -2.04. The summed E-state index contributed by atoms with van der Waals surface area (Å²) >= 11 is 0. The number of benzene rings is 3. The molecule has 0 aliphatic rings. The molecule has 0 bridgehead atoms. The fraction of sp³-hybridized carbons (Fsp3) is 0.130. The summed E-state index contributed by atoms with van der Waals surface area (Å²) in [5.41, 5.74) is 5.35. The van der Waals surface area contributed by atoms with Crippen LogP contribution in [0.15, 0.2) is 60.7 Å². The summed E-state index contributed by atoms with van der Waals surface area (Å²) in [7, 11) is 2.78. The molecule has 0 saturated carbocycles. The van der Waals surface area contributed by atoms with E-state index in [1.54, 1.807) is 24.3 Å². The number of ether oxygens (including phenoxy) is 2. The number of rotatable bonds is 4. The third-order valence-electron chi connectivity index (χ3n) is 4.26. The zero-order chi connectivity index (χ0) is 20.3. The number of hydrogen-bond acceptors (Lipinski definition) is 4. The molecule has 0 fully saturated rings. The molecule has 28 heavy (non-hydrogen) atoms. The van der Waals surface area contributed by atoms with Crippen molar-refractivity contribution in [1.29, 1.82) is 0 Å². The van der Waals surface area contributed by atoms with Crippen LogP contribution < -0.4 is 14.8 Å².